The van der Waals surface area contributed by atoms with Crippen LogP contribution in [0.4, 0.5) is 5.69 Å². The predicted octanol–water partition coefficient (Wildman–Crippen LogP) is 4.23. The van der Waals surface area contributed by atoms with Crippen LogP contribution in [0.5, 0.6) is 0 Å². The Morgan fingerprint density at radius 3 is 2.70 bits per heavy atom. The van der Waals surface area contributed by atoms with Gasteiger partial charge >= 0.3 is 0 Å². The zero-order valence-electron chi connectivity index (χ0n) is 10.3. The van der Waals surface area contributed by atoms with E-state index in [0.717, 1.165) is 9.75 Å². The highest BCUT2D eigenvalue weighted by Gasteiger charge is 2.13. The number of benzene rings is 1. The van der Waals surface area contributed by atoms with Crippen molar-refractivity contribution in [3.05, 3.63) is 50.5 Å². The second-order valence-electron chi connectivity index (χ2n) is 4.21. The predicted molar refractivity (Wildman–Crippen MR) is 79.3 cm³/mol. The molecule has 7 heteroatoms. The van der Waals surface area contributed by atoms with Crippen molar-refractivity contribution in [1.29, 1.82) is 0 Å². The number of halogens is 1. The number of nitro groups is 1. The van der Waals surface area contributed by atoms with E-state index in [1.807, 2.05) is 19.1 Å². The molecule has 0 unspecified atom stereocenters. The van der Waals surface area contributed by atoms with Crippen LogP contribution in [0, 0.1) is 17.0 Å². The Morgan fingerprint density at radius 2 is 2.05 bits per heavy atom. The minimum absolute atomic E-state index is 0.0134. The van der Waals surface area contributed by atoms with Gasteiger partial charge in [0.05, 0.1) is 15.3 Å². The van der Waals surface area contributed by atoms with Crippen molar-refractivity contribution < 1.29 is 4.92 Å². The lowest BCUT2D eigenvalue weighted by Crippen LogP contribution is -1.93. The highest BCUT2D eigenvalue weighted by molar-refractivity contribution is 7.15. The molecule has 0 saturated carbocycles. The summed E-state index contributed by atoms with van der Waals surface area (Å²) in [5, 5.41) is 11.7. The average molecular weight is 306 g/mol. The van der Waals surface area contributed by atoms with Crippen molar-refractivity contribution in [3.63, 3.8) is 0 Å². The first-order valence-corrected chi connectivity index (χ1v) is 6.92. The molecule has 0 radical (unpaired) electrons. The van der Waals surface area contributed by atoms with Crippen molar-refractivity contribution in [2.24, 2.45) is 0 Å². The monoisotopic (exact) mass is 305 g/mol. The maximum absolute atomic E-state index is 10.8. The summed E-state index contributed by atoms with van der Waals surface area (Å²) in [6.45, 7) is 1.99. The normalized spacial score (nSPS) is 10.9. The molecule has 0 atom stereocenters. The summed E-state index contributed by atoms with van der Waals surface area (Å²) < 4.78 is 0. The number of fused-ring (bicyclic) bond motifs is 1. The van der Waals surface area contributed by atoms with E-state index >= 15 is 0 Å². The fourth-order valence-corrected chi connectivity index (χ4v) is 2.90. The summed E-state index contributed by atoms with van der Waals surface area (Å²) in [6, 6.07) is 8.25. The summed E-state index contributed by atoms with van der Waals surface area (Å²) in [5.74, 6) is 0.487. The van der Waals surface area contributed by atoms with E-state index in [1.54, 1.807) is 17.4 Å². The van der Waals surface area contributed by atoms with Gasteiger partial charge in [0.2, 0.25) is 0 Å². The first-order valence-electron chi connectivity index (χ1n) is 5.73. The Bertz CT molecular complexity index is 832. The summed E-state index contributed by atoms with van der Waals surface area (Å²) >= 11 is 7.69. The molecule has 0 fully saturated rings. The van der Waals surface area contributed by atoms with Gasteiger partial charge in [-0.3, -0.25) is 10.1 Å². The first kappa shape index (κ1) is 13.0. The standard InChI is InChI=1S/C13H8ClN3O2S/c1-7-2-5-11(20-7)13-15-10-6-8(17(18)19)3-4-9(10)12(14)16-13/h2-6H,1H3. The van der Waals surface area contributed by atoms with Gasteiger partial charge in [-0.1, -0.05) is 11.6 Å². The zero-order chi connectivity index (χ0) is 14.3. The fraction of sp³-hybridized carbons (Fsp3) is 0.0769. The van der Waals surface area contributed by atoms with E-state index in [9.17, 15) is 10.1 Å². The third-order valence-corrected chi connectivity index (χ3v) is 4.09. The maximum atomic E-state index is 10.8. The number of rotatable bonds is 2. The van der Waals surface area contributed by atoms with Crippen LogP contribution in [0.3, 0.4) is 0 Å². The van der Waals surface area contributed by atoms with E-state index in [0.29, 0.717) is 21.9 Å². The van der Waals surface area contributed by atoms with E-state index in [1.165, 1.54) is 12.1 Å². The largest absolute Gasteiger partial charge is 0.271 e. The first-order chi connectivity index (χ1) is 9.54. The van der Waals surface area contributed by atoms with Gasteiger partial charge in [0.1, 0.15) is 5.15 Å². The Labute approximate surface area is 123 Å². The molecule has 0 N–H and O–H groups in total. The average Bonchev–Trinajstić information content (AvgIpc) is 2.84. The molecule has 0 aliphatic rings. The van der Waals surface area contributed by atoms with Crippen LogP contribution in [0.25, 0.3) is 21.6 Å². The Balaban J connectivity index is 2.23. The van der Waals surface area contributed by atoms with Crippen molar-refractivity contribution in [3.8, 4) is 10.7 Å². The summed E-state index contributed by atoms with van der Waals surface area (Å²) in [7, 11) is 0. The molecule has 20 heavy (non-hydrogen) atoms. The molecule has 0 aliphatic heterocycles. The van der Waals surface area contributed by atoms with Gasteiger partial charge in [0.15, 0.2) is 5.82 Å². The van der Waals surface area contributed by atoms with Gasteiger partial charge in [-0.05, 0) is 25.1 Å². The Kier molecular flexibility index (Phi) is 3.11. The number of hydrogen-bond acceptors (Lipinski definition) is 5. The molecule has 3 rings (SSSR count). The fourth-order valence-electron chi connectivity index (χ4n) is 1.86. The second-order valence-corrected chi connectivity index (χ2v) is 5.85. The van der Waals surface area contributed by atoms with E-state index in [2.05, 4.69) is 9.97 Å². The third kappa shape index (κ3) is 2.23. The second kappa shape index (κ2) is 4.81. The van der Waals surface area contributed by atoms with Crippen LogP contribution in [-0.2, 0) is 0 Å². The summed E-state index contributed by atoms with van der Waals surface area (Å²) in [5.41, 5.74) is 0.459. The molecule has 5 nitrogen and oxygen atoms in total. The minimum atomic E-state index is -0.454. The van der Waals surface area contributed by atoms with Crippen LogP contribution in [0.2, 0.25) is 5.15 Å². The van der Waals surface area contributed by atoms with Crippen LogP contribution < -0.4 is 0 Å². The number of hydrogen-bond donors (Lipinski definition) is 0. The molecular weight excluding hydrogens is 298 g/mol. The number of nitro benzene ring substituents is 1. The molecule has 0 spiro atoms. The number of thiophene rings is 1. The van der Waals surface area contributed by atoms with Gasteiger partial charge in [-0.2, -0.15) is 0 Å². The van der Waals surface area contributed by atoms with Crippen molar-refractivity contribution in [1.82, 2.24) is 9.97 Å². The highest BCUT2D eigenvalue weighted by Crippen LogP contribution is 2.30. The van der Waals surface area contributed by atoms with E-state index in [4.69, 9.17) is 11.6 Å². The van der Waals surface area contributed by atoms with Gasteiger partial charge in [-0.25, -0.2) is 9.97 Å². The van der Waals surface area contributed by atoms with Gasteiger partial charge in [-0.15, -0.1) is 11.3 Å². The maximum Gasteiger partial charge on any atom is 0.271 e. The SMILES string of the molecule is Cc1ccc(-c2nc(Cl)c3ccc([N+](=O)[O-])cc3n2)s1. The van der Waals surface area contributed by atoms with Crippen molar-refractivity contribution in [2.45, 2.75) is 6.92 Å². The highest BCUT2D eigenvalue weighted by atomic mass is 35.5. The van der Waals surface area contributed by atoms with E-state index < -0.39 is 4.92 Å². The molecular formula is C13H8ClN3O2S. The summed E-state index contributed by atoms with van der Waals surface area (Å²) in [4.78, 5) is 21.0. The molecule has 2 heterocycles. The van der Waals surface area contributed by atoms with Gasteiger partial charge < -0.3 is 0 Å². The van der Waals surface area contributed by atoms with Crippen LogP contribution in [0.15, 0.2) is 30.3 Å². The minimum Gasteiger partial charge on any atom is -0.258 e. The molecule has 1 aromatic carbocycles. The smallest absolute Gasteiger partial charge is 0.258 e. The number of aryl methyl sites for hydroxylation is 1. The molecule has 0 amide bonds. The summed E-state index contributed by atoms with van der Waals surface area (Å²) in [6.07, 6.45) is 0. The van der Waals surface area contributed by atoms with Gasteiger partial charge in [0, 0.05) is 22.4 Å². The molecule has 0 saturated heterocycles. The third-order valence-electron chi connectivity index (χ3n) is 2.81. The molecule has 3 aromatic rings. The number of nitrogens with zero attached hydrogens (tertiary/aromatic N) is 3. The lowest BCUT2D eigenvalue weighted by atomic mass is 10.2. The number of aromatic nitrogens is 2. The zero-order valence-corrected chi connectivity index (χ0v) is 11.9. The molecule has 100 valence electrons. The van der Waals surface area contributed by atoms with Crippen LogP contribution >= 0.6 is 22.9 Å². The van der Waals surface area contributed by atoms with Crippen LogP contribution in [0.1, 0.15) is 4.88 Å². The topological polar surface area (TPSA) is 68.9 Å². The number of non-ortho nitro benzene ring substituents is 1. The Morgan fingerprint density at radius 1 is 1.25 bits per heavy atom. The van der Waals surface area contributed by atoms with E-state index in [-0.39, 0.29) is 5.69 Å². The molecule has 0 bridgehead atoms. The lowest BCUT2D eigenvalue weighted by Gasteiger charge is -2.02. The quantitative estimate of drug-likeness (QED) is 0.403. The van der Waals surface area contributed by atoms with Crippen molar-refractivity contribution >= 4 is 39.5 Å². The molecule has 2 aromatic heterocycles. The van der Waals surface area contributed by atoms with Crippen molar-refractivity contribution in [2.75, 3.05) is 0 Å². The van der Waals surface area contributed by atoms with Crippen LogP contribution in [-0.4, -0.2) is 14.9 Å². The van der Waals surface area contributed by atoms with Gasteiger partial charge in [0.25, 0.3) is 5.69 Å². The Hall–Kier alpha value is -2.05. The lowest BCUT2D eigenvalue weighted by molar-refractivity contribution is -0.384. The molecule has 0 aliphatic carbocycles.